The summed E-state index contributed by atoms with van der Waals surface area (Å²) in [6.07, 6.45) is 1.59. The molecule has 1 aliphatic rings. The lowest BCUT2D eigenvalue weighted by atomic mass is 9.97. The number of carbonyl (C=O) groups excluding carboxylic acids is 1. The molecule has 1 aromatic heterocycles. The number of amides is 1. The van der Waals surface area contributed by atoms with Gasteiger partial charge in [-0.15, -0.1) is 10.2 Å². The van der Waals surface area contributed by atoms with Crippen molar-refractivity contribution in [3.05, 3.63) is 11.8 Å². The molecule has 1 saturated heterocycles. The van der Waals surface area contributed by atoms with Crippen molar-refractivity contribution in [2.45, 2.75) is 25.4 Å². The number of aliphatic hydroxyl groups is 1. The van der Waals surface area contributed by atoms with Crippen LogP contribution in [-0.2, 0) is 11.3 Å². The van der Waals surface area contributed by atoms with E-state index in [9.17, 15) is 9.90 Å². The number of hydrogen-bond donors (Lipinski definition) is 4. The Labute approximate surface area is 110 Å². The van der Waals surface area contributed by atoms with Crippen molar-refractivity contribution in [2.75, 3.05) is 19.7 Å². The van der Waals surface area contributed by atoms with Gasteiger partial charge in [0.2, 0.25) is 17.7 Å². The van der Waals surface area contributed by atoms with Crippen LogP contribution in [0.25, 0.3) is 0 Å². The number of rotatable bonds is 5. The fourth-order valence-corrected chi connectivity index (χ4v) is 2.05. The van der Waals surface area contributed by atoms with Gasteiger partial charge in [-0.3, -0.25) is 4.79 Å². The highest BCUT2D eigenvalue weighted by Gasteiger charge is 2.26. The van der Waals surface area contributed by atoms with E-state index in [2.05, 4.69) is 20.8 Å². The van der Waals surface area contributed by atoms with Gasteiger partial charge >= 0.3 is 0 Å². The number of piperidine rings is 1. The smallest absolute Gasteiger partial charge is 0.241 e. The van der Waals surface area contributed by atoms with Crippen LogP contribution in [0.4, 0.5) is 0 Å². The third-order valence-corrected chi connectivity index (χ3v) is 3.16. The van der Waals surface area contributed by atoms with Gasteiger partial charge in [-0.1, -0.05) is 0 Å². The van der Waals surface area contributed by atoms with Crippen LogP contribution in [0, 0.1) is 5.92 Å². The molecule has 1 aromatic rings. The molecule has 5 N–H and O–H groups in total. The maximum absolute atomic E-state index is 12.1. The summed E-state index contributed by atoms with van der Waals surface area (Å²) in [5, 5.41) is 22.7. The first kappa shape index (κ1) is 13.9. The Morgan fingerprint density at radius 3 is 2.84 bits per heavy atom. The fraction of sp³-hybridized carbons (Fsp3) is 0.727. The zero-order valence-electron chi connectivity index (χ0n) is 10.6. The van der Waals surface area contributed by atoms with Crippen molar-refractivity contribution in [3.8, 4) is 0 Å². The van der Waals surface area contributed by atoms with Gasteiger partial charge in [-0.25, -0.2) is 0 Å². The largest absolute Gasteiger partial charge is 0.422 e. The highest BCUT2D eigenvalue weighted by Crippen LogP contribution is 2.16. The number of aromatic nitrogens is 2. The molecule has 0 spiro atoms. The minimum Gasteiger partial charge on any atom is -0.422 e. The van der Waals surface area contributed by atoms with Crippen LogP contribution in [0.2, 0.25) is 0 Å². The maximum Gasteiger partial charge on any atom is 0.241 e. The molecule has 8 nitrogen and oxygen atoms in total. The average molecular weight is 269 g/mol. The van der Waals surface area contributed by atoms with E-state index in [-0.39, 0.29) is 36.8 Å². The molecule has 0 saturated carbocycles. The lowest BCUT2D eigenvalue weighted by molar-refractivity contribution is -0.127. The van der Waals surface area contributed by atoms with Crippen LogP contribution in [0.15, 0.2) is 4.42 Å². The summed E-state index contributed by atoms with van der Waals surface area (Å²) in [5.41, 5.74) is 5.37. The predicted octanol–water partition coefficient (Wildman–Crippen LogP) is -1.32. The third-order valence-electron chi connectivity index (χ3n) is 3.16. The zero-order valence-corrected chi connectivity index (χ0v) is 10.6. The first-order chi connectivity index (χ1) is 9.24. The topological polar surface area (TPSA) is 126 Å². The highest BCUT2D eigenvalue weighted by atomic mass is 16.4. The summed E-state index contributed by atoms with van der Waals surface area (Å²) in [4.78, 5) is 12.1. The molecule has 1 aliphatic heterocycles. The van der Waals surface area contributed by atoms with E-state index >= 15 is 0 Å². The lowest BCUT2D eigenvalue weighted by Crippen LogP contribution is -2.40. The molecule has 0 unspecified atom stereocenters. The summed E-state index contributed by atoms with van der Waals surface area (Å²) >= 11 is 0. The fourth-order valence-electron chi connectivity index (χ4n) is 2.05. The Hall–Kier alpha value is -1.51. The molecule has 0 radical (unpaired) electrons. The molecule has 1 fully saturated rings. The average Bonchev–Trinajstić information content (AvgIpc) is 2.94. The van der Waals surface area contributed by atoms with Gasteiger partial charge in [0.15, 0.2) is 0 Å². The van der Waals surface area contributed by atoms with Gasteiger partial charge in [-0.2, -0.15) is 0 Å². The molecule has 19 heavy (non-hydrogen) atoms. The van der Waals surface area contributed by atoms with Gasteiger partial charge in [0, 0.05) is 5.92 Å². The van der Waals surface area contributed by atoms with E-state index in [4.69, 9.17) is 10.2 Å². The molecule has 2 rings (SSSR count). The van der Waals surface area contributed by atoms with Crippen LogP contribution in [-0.4, -0.2) is 40.9 Å². The van der Waals surface area contributed by atoms with Crippen molar-refractivity contribution < 1.29 is 14.3 Å². The van der Waals surface area contributed by atoms with E-state index < -0.39 is 6.04 Å². The summed E-state index contributed by atoms with van der Waals surface area (Å²) < 4.78 is 5.24. The molecule has 0 aliphatic carbocycles. The molecule has 1 atom stereocenters. The van der Waals surface area contributed by atoms with E-state index in [1.54, 1.807) is 0 Å². The highest BCUT2D eigenvalue weighted by molar-refractivity contribution is 5.79. The Balaban J connectivity index is 1.96. The van der Waals surface area contributed by atoms with Crippen molar-refractivity contribution in [1.82, 2.24) is 20.8 Å². The molecule has 106 valence electrons. The minimum absolute atomic E-state index is 0.0350. The Morgan fingerprint density at radius 1 is 1.53 bits per heavy atom. The van der Waals surface area contributed by atoms with Crippen LogP contribution >= 0.6 is 0 Å². The standard InChI is InChI=1S/C11H19N5O3/c12-5-9-15-16-11(19-9)8(6-17)14-10(18)7-1-3-13-4-2-7/h7-8,13,17H,1-6,12H2,(H,14,18)/t8-/m0/s1. The number of nitrogens with zero attached hydrogens (tertiary/aromatic N) is 2. The molecule has 0 bridgehead atoms. The van der Waals surface area contributed by atoms with Crippen LogP contribution in [0.1, 0.15) is 30.7 Å². The first-order valence-electron chi connectivity index (χ1n) is 6.39. The maximum atomic E-state index is 12.1. The van der Waals surface area contributed by atoms with Crippen LogP contribution in [0.5, 0.6) is 0 Å². The normalized spacial score (nSPS) is 18.2. The van der Waals surface area contributed by atoms with Gasteiger partial charge in [0.05, 0.1) is 13.2 Å². The van der Waals surface area contributed by atoms with Gasteiger partial charge < -0.3 is 25.9 Å². The van der Waals surface area contributed by atoms with Gasteiger partial charge in [0.1, 0.15) is 6.04 Å². The van der Waals surface area contributed by atoms with Crippen LogP contribution in [0.3, 0.4) is 0 Å². The van der Waals surface area contributed by atoms with E-state index in [0.29, 0.717) is 0 Å². The van der Waals surface area contributed by atoms with Crippen molar-refractivity contribution in [3.63, 3.8) is 0 Å². The molecule has 1 amide bonds. The Morgan fingerprint density at radius 2 is 2.26 bits per heavy atom. The summed E-state index contributed by atoms with van der Waals surface area (Å²) in [5.74, 6) is 0.343. The summed E-state index contributed by atoms with van der Waals surface area (Å²) in [7, 11) is 0. The number of aliphatic hydroxyl groups excluding tert-OH is 1. The van der Waals surface area contributed by atoms with Crippen molar-refractivity contribution in [2.24, 2.45) is 11.7 Å². The number of nitrogens with one attached hydrogen (secondary N) is 2. The second-order valence-corrected chi connectivity index (χ2v) is 4.51. The number of nitrogens with two attached hydrogens (primary N) is 1. The minimum atomic E-state index is -0.671. The Kier molecular flexibility index (Phi) is 4.83. The number of hydrogen-bond acceptors (Lipinski definition) is 7. The molecule has 2 heterocycles. The Bertz CT molecular complexity index is 416. The monoisotopic (exact) mass is 269 g/mol. The molecule has 0 aromatic carbocycles. The first-order valence-corrected chi connectivity index (χ1v) is 6.39. The molecular weight excluding hydrogens is 250 g/mol. The quantitative estimate of drug-likeness (QED) is 0.522. The number of carbonyl (C=O) groups is 1. The molecular formula is C11H19N5O3. The SMILES string of the molecule is NCc1nnc([C@H](CO)NC(=O)C2CCNCC2)o1. The summed E-state index contributed by atoms with van der Waals surface area (Å²) in [6.45, 7) is 1.51. The van der Waals surface area contributed by atoms with E-state index in [1.165, 1.54) is 0 Å². The van der Waals surface area contributed by atoms with E-state index in [1.807, 2.05) is 0 Å². The second-order valence-electron chi connectivity index (χ2n) is 4.51. The van der Waals surface area contributed by atoms with Crippen molar-refractivity contribution >= 4 is 5.91 Å². The van der Waals surface area contributed by atoms with Crippen molar-refractivity contribution in [1.29, 1.82) is 0 Å². The predicted molar refractivity (Wildman–Crippen MR) is 65.8 cm³/mol. The second kappa shape index (κ2) is 6.60. The van der Waals surface area contributed by atoms with Crippen LogP contribution < -0.4 is 16.4 Å². The van der Waals surface area contributed by atoms with Gasteiger partial charge in [0.25, 0.3) is 0 Å². The third kappa shape index (κ3) is 3.49. The lowest BCUT2D eigenvalue weighted by Gasteiger charge is -2.23. The van der Waals surface area contributed by atoms with Gasteiger partial charge in [-0.05, 0) is 25.9 Å². The zero-order chi connectivity index (χ0) is 13.7. The summed E-state index contributed by atoms with van der Waals surface area (Å²) in [6, 6.07) is -0.671. The molecule has 8 heteroatoms. The van der Waals surface area contributed by atoms with E-state index in [0.717, 1.165) is 25.9 Å².